The minimum absolute atomic E-state index is 0.481. The molecule has 1 N–H and O–H groups in total. The zero-order valence-corrected chi connectivity index (χ0v) is 13.1. The van der Waals surface area contributed by atoms with Crippen LogP contribution in [0.2, 0.25) is 0 Å². The van der Waals surface area contributed by atoms with E-state index in [9.17, 15) is 0 Å². The van der Waals surface area contributed by atoms with Crippen LogP contribution in [0.5, 0.6) is 0 Å². The van der Waals surface area contributed by atoms with Gasteiger partial charge in [0.1, 0.15) is 0 Å². The summed E-state index contributed by atoms with van der Waals surface area (Å²) in [5.41, 5.74) is 1.41. The molecule has 0 radical (unpaired) electrons. The Balaban J connectivity index is 1.56. The SMILES string of the molecule is CC1CN(CCOC2CCCC2)C(c2ccccc2)CN1. The highest BCUT2D eigenvalue weighted by Crippen LogP contribution is 2.24. The third-order valence-electron chi connectivity index (χ3n) is 4.83. The van der Waals surface area contributed by atoms with Gasteiger partial charge in [0, 0.05) is 31.7 Å². The zero-order chi connectivity index (χ0) is 14.5. The van der Waals surface area contributed by atoms with Crippen LogP contribution in [0.3, 0.4) is 0 Å². The molecule has 1 heterocycles. The lowest BCUT2D eigenvalue weighted by molar-refractivity contribution is 0.0246. The molecular weight excluding hydrogens is 260 g/mol. The maximum atomic E-state index is 6.06. The van der Waals surface area contributed by atoms with Crippen molar-refractivity contribution in [1.82, 2.24) is 10.2 Å². The lowest BCUT2D eigenvalue weighted by Crippen LogP contribution is -2.51. The molecule has 2 aliphatic rings. The average Bonchev–Trinajstić information content (AvgIpc) is 3.02. The molecule has 2 unspecified atom stereocenters. The van der Waals surface area contributed by atoms with E-state index in [4.69, 9.17) is 4.74 Å². The minimum atomic E-state index is 0.481. The van der Waals surface area contributed by atoms with E-state index in [-0.39, 0.29) is 0 Å². The number of ether oxygens (including phenoxy) is 1. The molecule has 1 saturated carbocycles. The molecule has 1 saturated heterocycles. The average molecular weight is 288 g/mol. The molecule has 3 heteroatoms. The molecule has 1 aliphatic carbocycles. The van der Waals surface area contributed by atoms with Gasteiger partial charge in [-0.1, -0.05) is 43.2 Å². The quantitative estimate of drug-likeness (QED) is 0.901. The zero-order valence-electron chi connectivity index (χ0n) is 13.1. The van der Waals surface area contributed by atoms with E-state index < -0.39 is 0 Å². The first kappa shape index (κ1) is 15.0. The van der Waals surface area contributed by atoms with Crippen LogP contribution < -0.4 is 5.32 Å². The standard InChI is InChI=1S/C18H28N2O/c1-15-14-20(11-12-21-17-9-5-6-10-17)18(13-19-15)16-7-3-2-4-8-16/h2-4,7-8,15,17-19H,5-6,9-14H2,1H3. The maximum absolute atomic E-state index is 6.06. The molecule has 1 aliphatic heterocycles. The number of piperazine rings is 1. The Kier molecular flexibility index (Phi) is 5.28. The van der Waals surface area contributed by atoms with Gasteiger partial charge in [0.15, 0.2) is 0 Å². The number of hydrogen-bond acceptors (Lipinski definition) is 3. The summed E-state index contributed by atoms with van der Waals surface area (Å²) < 4.78 is 6.06. The second-order valence-corrected chi connectivity index (χ2v) is 6.51. The van der Waals surface area contributed by atoms with Crippen LogP contribution >= 0.6 is 0 Å². The van der Waals surface area contributed by atoms with Crippen LogP contribution in [0, 0.1) is 0 Å². The summed E-state index contributed by atoms with van der Waals surface area (Å²) in [5, 5.41) is 3.61. The Morgan fingerprint density at radius 3 is 2.71 bits per heavy atom. The minimum Gasteiger partial charge on any atom is -0.377 e. The fraction of sp³-hybridized carbons (Fsp3) is 0.667. The summed E-state index contributed by atoms with van der Waals surface area (Å²) in [5.74, 6) is 0. The van der Waals surface area contributed by atoms with E-state index in [1.54, 1.807) is 0 Å². The first-order valence-corrected chi connectivity index (χ1v) is 8.47. The third-order valence-corrected chi connectivity index (χ3v) is 4.83. The first-order valence-electron chi connectivity index (χ1n) is 8.47. The second-order valence-electron chi connectivity index (χ2n) is 6.51. The predicted octanol–water partition coefficient (Wildman–Crippen LogP) is 2.98. The fourth-order valence-electron chi connectivity index (χ4n) is 3.63. The predicted molar refractivity (Wildman–Crippen MR) is 86.4 cm³/mol. The van der Waals surface area contributed by atoms with E-state index >= 15 is 0 Å². The number of benzene rings is 1. The molecule has 2 fully saturated rings. The summed E-state index contributed by atoms with van der Waals surface area (Å²) in [7, 11) is 0. The van der Waals surface area contributed by atoms with Crippen molar-refractivity contribution in [1.29, 1.82) is 0 Å². The Morgan fingerprint density at radius 2 is 1.95 bits per heavy atom. The molecule has 21 heavy (non-hydrogen) atoms. The van der Waals surface area contributed by atoms with Crippen LogP contribution in [0.25, 0.3) is 0 Å². The summed E-state index contributed by atoms with van der Waals surface area (Å²) in [6, 6.07) is 11.9. The Labute approximate surface area is 128 Å². The largest absolute Gasteiger partial charge is 0.377 e. The van der Waals surface area contributed by atoms with Crippen molar-refractivity contribution in [2.24, 2.45) is 0 Å². The first-order chi connectivity index (χ1) is 10.3. The van der Waals surface area contributed by atoms with Crippen molar-refractivity contribution in [3.63, 3.8) is 0 Å². The summed E-state index contributed by atoms with van der Waals surface area (Å²) in [4.78, 5) is 2.59. The molecule has 0 spiro atoms. The smallest absolute Gasteiger partial charge is 0.0597 e. The van der Waals surface area contributed by atoms with Crippen LogP contribution in [0.1, 0.15) is 44.2 Å². The van der Waals surface area contributed by atoms with Crippen molar-refractivity contribution >= 4 is 0 Å². The van der Waals surface area contributed by atoms with Gasteiger partial charge in [0.25, 0.3) is 0 Å². The highest BCUT2D eigenvalue weighted by Gasteiger charge is 2.27. The number of hydrogen-bond donors (Lipinski definition) is 1. The van der Waals surface area contributed by atoms with Crippen molar-refractivity contribution in [2.75, 3.05) is 26.2 Å². The maximum Gasteiger partial charge on any atom is 0.0597 e. The van der Waals surface area contributed by atoms with E-state index in [0.717, 1.165) is 26.2 Å². The second kappa shape index (κ2) is 7.39. The van der Waals surface area contributed by atoms with Gasteiger partial charge in [-0.3, -0.25) is 4.90 Å². The van der Waals surface area contributed by atoms with Crippen molar-refractivity contribution in [3.05, 3.63) is 35.9 Å². The molecule has 3 rings (SSSR count). The number of rotatable bonds is 5. The number of nitrogens with zero attached hydrogens (tertiary/aromatic N) is 1. The highest BCUT2D eigenvalue weighted by molar-refractivity contribution is 5.20. The highest BCUT2D eigenvalue weighted by atomic mass is 16.5. The molecule has 0 amide bonds. The monoisotopic (exact) mass is 288 g/mol. The lowest BCUT2D eigenvalue weighted by Gasteiger charge is -2.39. The molecule has 0 bridgehead atoms. The van der Waals surface area contributed by atoms with Gasteiger partial charge in [0.05, 0.1) is 12.7 Å². The molecule has 2 atom stereocenters. The van der Waals surface area contributed by atoms with E-state index in [1.165, 1.54) is 31.2 Å². The topological polar surface area (TPSA) is 24.5 Å². The Morgan fingerprint density at radius 1 is 1.19 bits per heavy atom. The van der Waals surface area contributed by atoms with E-state index in [2.05, 4.69) is 47.5 Å². The van der Waals surface area contributed by atoms with E-state index in [1.807, 2.05) is 0 Å². The van der Waals surface area contributed by atoms with Gasteiger partial charge in [-0.2, -0.15) is 0 Å². The molecule has 1 aromatic rings. The van der Waals surface area contributed by atoms with Gasteiger partial charge >= 0.3 is 0 Å². The normalized spacial score (nSPS) is 28.0. The molecule has 116 valence electrons. The lowest BCUT2D eigenvalue weighted by atomic mass is 10.0. The molecular formula is C18H28N2O. The molecule has 3 nitrogen and oxygen atoms in total. The van der Waals surface area contributed by atoms with Gasteiger partial charge in [-0.05, 0) is 25.3 Å². The molecule has 1 aromatic carbocycles. The Hall–Kier alpha value is -0.900. The van der Waals surface area contributed by atoms with Gasteiger partial charge < -0.3 is 10.1 Å². The summed E-state index contributed by atoms with van der Waals surface area (Å²) >= 11 is 0. The van der Waals surface area contributed by atoms with Gasteiger partial charge in [-0.15, -0.1) is 0 Å². The van der Waals surface area contributed by atoms with Gasteiger partial charge in [0.2, 0.25) is 0 Å². The van der Waals surface area contributed by atoms with Crippen molar-refractivity contribution in [3.8, 4) is 0 Å². The van der Waals surface area contributed by atoms with Crippen LogP contribution in [0.4, 0.5) is 0 Å². The van der Waals surface area contributed by atoms with Crippen LogP contribution in [0.15, 0.2) is 30.3 Å². The fourth-order valence-corrected chi connectivity index (χ4v) is 3.63. The van der Waals surface area contributed by atoms with Crippen LogP contribution in [-0.4, -0.2) is 43.3 Å². The van der Waals surface area contributed by atoms with Crippen molar-refractivity contribution in [2.45, 2.75) is 50.8 Å². The van der Waals surface area contributed by atoms with Crippen LogP contribution in [-0.2, 0) is 4.74 Å². The Bertz CT molecular complexity index is 416. The summed E-state index contributed by atoms with van der Waals surface area (Å²) in [6.07, 6.45) is 5.75. The summed E-state index contributed by atoms with van der Waals surface area (Å²) in [6.45, 7) is 6.33. The van der Waals surface area contributed by atoms with Crippen molar-refractivity contribution < 1.29 is 4.74 Å². The molecule has 0 aromatic heterocycles. The van der Waals surface area contributed by atoms with Gasteiger partial charge in [-0.25, -0.2) is 0 Å². The van der Waals surface area contributed by atoms with E-state index in [0.29, 0.717) is 18.2 Å². The third kappa shape index (κ3) is 4.06. The number of nitrogens with one attached hydrogen (secondary N) is 1.